The summed E-state index contributed by atoms with van der Waals surface area (Å²) in [7, 11) is 1.31. The number of phenols is 2. The predicted octanol–water partition coefficient (Wildman–Crippen LogP) is -4.80. The van der Waals surface area contributed by atoms with E-state index in [0.29, 0.717) is 30.6 Å². The van der Waals surface area contributed by atoms with Crippen LogP contribution in [0.3, 0.4) is 0 Å². The summed E-state index contributed by atoms with van der Waals surface area (Å²) in [6.07, 6.45) is -5.27. The number of ketones is 3. The summed E-state index contributed by atoms with van der Waals surface area (Å²) in [6.45, 7) is 4.67. The van der Waals surface area contributed by atoms with Crippen LogP contribution in [-0.4, -0.2) is 124 Å². The van der Waals surface area contributed by atoms with Crippen molar-refractivity contribution in [2.45, 2.75) is 127 Å². The minimum Gasteiger partial charge on any atom is -1.00 e. The lowest BCUT2D eigenvalue weighted by molar-refractivity contribution is -0.398. The molecule has 410 valence electrons. The van der Waals surface area contributed by atoms with Gasteiger partial charge in [0.05, 0.1) is 48.6 Å². The molecule has 21 nitrogen and oxygen atoms in total. The summed E-state index contributed by atoms with van der Waals surface area (Å²) in [5, 5.41) is 57.3. The summed E-state index contributed by atoms with van der Waals surface area (Å²) >= 11 is 0. The highest BCUT2D eigenvalue weighted by Crippen LogP contribution is 2.52. The van der Waals surface area contributed by atoms with E-state index in [4.69, 9.17) is 18.9 Å². The van der Waals surface area contributed by atoms with E-state index in [9.17, 15) is 54.0 Å². The number of anilines is 1. The van der Waals surface area contributed by atoms with Crippen LogP contribution in [0.1, 0.15) is 113 Å². The molecule has 0 unspecified atom stereocenters. The van der Waals surface area contributed by atoms with Crippen LogP contribution in [0, 0.1) is 0 Å². The standard InChI is InChI=1S/C53H62N6O15.2ClH/c1-26(55)49(66)58-36(21-29-11-6-5-7-12-29)51(68)57-34(14-8-9-20-54)50(67)56-31-18-16-30(17-19-31)25-72-52(69)59-35-22-39(73-27(2)44(35)61)74-38-24-53(70,28(3)60)23-33-41(38)48(65)43-42(46(33)63)45(62)32-13-10-15-37(71-4)40(32)47(43)64;;/h5-7,10-13,15-19,26-27,34-36,38-39,44,61,63,65,70H,8-9,14,20-25,54-55H2,1-4H3,(H,56,67)(H,57,68)(H,58,66)(H,59,69);2*1H/t26-,27+,34+,35+,36+,38+,39+,44-,53+;;/m1../s1. The fourth-order valence-corrected chi connectivity index (χ4v) is 9.46. The number of carbonyl (C=O) groups is 7. The van der Waals surface area contributed by atoms with Gasteiger partial charge in [0.1, 0.15) is 47.6 Å². The summed E-state index contributed by atoms with van der Waals surface area (Å²) in [4.78, 5) is 94.1. The molecule has 9 atom stereocenters. The minimum absolute atomic E-state index is 0. The minimum atomic E-state index is -2.16. The number of unbranched alkanes of at least 4 members (excludes halogenated alkanes) is 1. The quantitative estimate of drug-likeness (QED) is 0.0274. The molecule has 0 bridgehead atoms. The summed E-state index contributed by atoms with van der Waals surface area (Å²) < 4.78 is 23.1. The van der Waals surface area contributed by atoms with E-state index < -0.39 is 131 Å². The zero-order chi connectivity index (χ0) is 53.6. The Morgan fingerprint density at radius 1 is 0.842 bits per heavy atom. The van der Waals surface area contributed by atoms with Gasteiger partial charge < -0.3 is 96.9 Å². The Morgan fingerprint density at radius 2 is 1.51 bits per heavy atom. The van der Waals surface area contributed by atoms with Crippen molar-refractivity contribution < 1.29 is 109 Å². The number of aromatic hydroxyl groups is 2. The number of aliphatic hydroxyl groups is 2. The largest absolute Gasteiger partial charge is 1.00 e. The van der Waals surface area contributed by atoms with E-state index >= 15 is 0 Å². The Kier molecular flexibility index (Phi) is 20.5. The molecule has 2 aliphatic carbocycles. The number of fused-ring (bicyclic) bond motifs is 3. The van der Waals surface area contributed by atoms with E-state index in [1.807, 2.05) is 30.3 Å². The van der Waals surface area contributed by atoms with Crippen molar-refractivity contribution in [2.24, 2.45) is 0 Å². The van der Waals surface area contributed by atoms with E-state index in [2.05, 4.69) is 32.7 Å². The van der Waals surface area contributed by atoms with Gasteiger partial charge >= 0.3 is 6.09 Å². The molecular weight excluding hydrogens is 1030 g/mol. The number of quaternary nitrogens is 2. The summed E-state index contributed by atoms with van der Waals surface area (Å²) in [5.74, 6) is -5.10. The van der Waals surface area contributed by atoms with Gasteiger partial charge in [-0.2, -0.15) is 0 Å². The van der Waals surface area contributed by atoms with Gasteiger partial charge in [-0.15, -0.1) is 0 Å². The number of halogens is 2. The average Bonchev–Trinajstić information content (AvgIpc) is 3.38. The van der Waals surface area contributed by atoms with E-state index in [0.717, 1.165) is 18.9 Å². The number of hydrogen-bond acceptors (Lipinski definition) is 15. The number of nitrogens with one attached hydrogen (secondary N) is 4. The van der Waals surface area contributed by atoms with Crippen molar-refractivity contribution in [3.05, 3.63) is 117 Å². The Morgan fingerprint density at radius 3 is 2.16 bits per heavy atom. The lowest BCUT2D eigenvalue weighted by atomic mass is 9.72. The fourth-order valence-electron chi connectivity index (χ4n) is 9.46. The van der Waals surface area contributed by atoms with Crippen molar-refractivity contribution in [1.29, 1.82) is 0 Å². The van der Waals surface area contributed by atoms with E-state index in [1.165, 1.54) is 32.2 Å². The first-order valence-electron chi connectivity index (χ1n) is 24.4. The number of phenolic OH excluding ortho intramolecular Hbond substituents is 2. The average molecular weight is 1100 g/mol. The van der Waals surface area contributed by atoms with Crippen LogP contribution in [0.4, 0.5) is 10.5 Å². The second-order valence-electron chi connectivity index (χ2n) is 19.0. The number of carbonyl (C=O) groups excluding carboxylic acids is 7. The predicted molar refractivity (Wildman–Crippen MR) is 263 cm³/mol. The third kappa shape index (κ3) is 13.3. The van der Waals surface area contributed by atoms with Gasteiger partial charge in [0.2, 0.25) is 17.6 Å². The van der Waals surface area contributed by atoms with Crippen LogP contribution >= 0.6 is 0 Å². The number of alkyl carbamates (subject to hydrolysis) is 1. The Balaban J connectivity index is 0.00000533. The second kappa shape index (κ2) is 25.9. The van der Waals surface area contributed by atoms with Crippen molar-refractivity contribution >= 4 is 46.9 Å². The highest BCUT2D eigenvalue weighted by Gasteiger charge is 2.50. The maximum absolute atomic E-state index is 14.0. The Bertz CT molecular complexity index is 2800. The molecule has 1 heterocycles. The first kappa shape index (κ1) is 60.2. The zero-order valence-electron chi connectivity index (χ0n) is 42.4. The van der Waals surface area contributed by atoms with Crippen LogP contribution in [-0.2, 0) is 52.8 Å². The number of rotatable bonds is 19. The number of benzene rings is 4. The first-order chi connectivity index (χ1) is 35.2. The number of Topliss-reactive ketones (excluding diaryl/α,β-unsaturated/α-hetero) is 1. The molecule has 1 saturated heterocycles. The number of aliphatic hydroxyl groups excluding tert-OH is 1. The highest BCUT2D eigenvalue weighted by atomic mass is 35.5. The number of ether oxygens (including phenoxy) is 4. The molecule has 4 aromatic rings. The van der Waals surface area contributed by atoms with Crippen molar-refractivity contribution in [1.82, 2.24) is 16.0 Å². The van der Waals surface area contributed by atoms with Gasteiger partial charge in [0.25, 0.3) is 5.91 Å². The van der Waals surface area contributed by atoms with Gasteiger partial charge in [-0.25, -0.2) is 4.79 Å². The molecule has 0 saturated carbocycles. The van der Waals surface area contributed by atoms with Gasteiger partial charge in [-0.3, -0.25) is 28.8 Å². The van der Waals surface area contributed by atoms with E-state index in [1.54, 1.807) is 31.2 Å². The normalized spacial score (nSPS) is 21.6. The van der Waals surface area contributed by atoms with Gasteiger partial charge in [0.15, 0.2) is 23.9 Å². The van der Waals surface area contributed by atoms with Gasteiger partial charge in [-0.05, 0) is 69.4 Å². The van der Waals surface area contributed by atoms with Crippen LogP contribution in [0.25, 0.3) is 0 Å². The van der Waals surface area contributed by atoms with Crippen molar-refractivity contribution in [3.8, 4) is 17.2 Å². The number of methoxy groups -OCH3 is 1. The van der Waals surface area contributed by atoms with Crippen LogP contribution < -0.4 is 62.3 Å². The molecule has 4 amide bonds. The summed E-state index contributed by atoms with van der Waals surface area (Å²) in [6, 6.07) is 16.4. The molecule has 1 fully saturated rings. The number of hydrogen-bond donors (Lipinski definition) is 10. The van der Waals surface area contributed by atoms with Crippen molar-refractivity contribution in [2.75, 3.05) is 19.0 Å². The van der Waals surface area contributed by atoms with Gasteiger partial charge in [0, 0.05) is 48.1 Å². The first-order valence-corrected chi connectivity index (χ1v) is 24.4. The lowest BCUT2D eigenvalue weighted by Gasteiger charge is -2.42. The smallest absolute Gasteiger partial charge is 0.407 e. The monoisotopic (exact) mass is 1090 g/mol. The lowest BCUT2D eigenvalue weighted by Crippen LogP contribution is -3.00. The topological polar surface area (TPSA) is 341 Å². The Labute approximate surface area is 450 Å². The fraction of sp³-hybridized carbons (Fsp3) is 0.415. The Hall–Kier alpha value is -6.69. The maximum atomic E-state index is 14.0. The van der Waals surface area contributed by atoms with Crippen LogP contribution in [0.15, 0.2) is 72.8 Å². The molecular formula is C53H64Cl2N6O15. The third-order valence-electron chi connectivity index (χ3n) is 13.6. The SMILES string of the molecule is COc1cccc2c1C(=O)c1c(O)c3c(c(O)c1C2=O)C[C@@](O)(C(C)=O)C[C@@H]3O[C@H]1C[C@H](NC(=O)OCc2ccc(NC(=O)[C@H](CCCC[NH3+])NC(=O)[C@H](Cc3ccccc3)NC(=O)[C@@H](C)[NH3+])cc2)[C@H](O)[C@H](C)O1.[Cl-].[Cl-]. The highest BCUT2D eigenvalue weighted by molar-refractivity contribution is 6.31. The van der Waals surface area contributed by atoms with Gasteiger partial charge in [-0.1, -0.05) is 54.6 Å². The molecule has 0 aromatic heterocycles. The molecule has 3 aliphatic rings. The molecule has 1 aliphatic heterocycles. The molecule has 7 rings (SSSR count). The van der Waals surface area contributed by atoms with Crippen LogP contribution in [0.5, 0.6) is 17.2 Å². The molecule has 23 heteroatoms. The molecule has 0 radical (unpaired) electrons. The molecule has 0 spiro atoms. The molecule has 14 N–H and O–H groups in total. The maximum Gasteiger partial charge on any atom is 0.407 e. The number of amides is 4. The molecule has 4 aromatic carbocycles. The summed E-state index contributed by atoms with van der Waals surface area (Å²) in [5.41, 5.74) is 5.63. The third-order valence-corrected chi connectivity index (χ3v) is 13.6. The second-order valence-corrected chi connectivity index (χ2v) is 19.0. The zero-order valence-corrected chi connectivity index (χ0v) is 43.9. The van der Waals surface area contributed by atoms with Crippen molar-refractivity contribution in [3.63, 3.8) is 0 Å². The van der Waals surface area contributed by atoms with Crippen LogP contribution in [0.2, 0.25) is 0 Å². The molecule has 76 heavy (non-hydrogen) atoms. The van der Waals surface area contributed by atoms with E-state index in [-0.39, 0.29) is 72.3 Å².